The largest absolute Gasteiger partial charge is 0.511 e. The van der Waals surface area contributed by atoms with E-state index in [4.69, 9.17) is 5.11 Å². The number of rotatable bonds is 4. The zero-order valence-corrected chi connectivity index (χ0v) is 11.5. The molecule has 0 saturated heterocycles. The van der Waals surface area contributed by atoms with E-state index in [-0.39, 0.29) is 17.8 Å². The Kier molecular flexibility index (Phi) is 4.65. The molecule has 1 aliphatic rings. The van der Waals surface area contributed by atoms with Gasteiger partial charge in [-0.05, 0) is 5.41 Å². The van der Waals surface area contributed by atoms with E-state index in [2.05, 4.69) is 9.73 Å². The van der Waals surface area contributed by atoms with Crippen LogP contribution in [0.4, 0.5) is 0 Å². The van der Waals surface area contributed by atoms with E-state index in [1.807, 2.05) is 0 Å². The monoisotopic (exact) mass is 283 g/mol. The number of hydrogen-bond donors (Lipinski definition) is 2. The first kappa shape index (κ1) is 15.9. The number of carbonyl (C=O) groups excluding carboxylic acids is 2. The molecular formula is C13H17NO6. The molecule has 0 unspecified atom stereocenters. The summed E-state index contributed by atoms with van der Waals surface area (Å²) < 4.78 is 4.64. The summed E-state index contributed by atoms with van der Waals surface area (Å²) in [5, 5.41) is 18.6. The zero-order chi connectivity index (χ0) is 15.5. The van der Waals surface area contributed by atoms with Gasteiger partial charge in [-0.15, -0.1) is 0 Å². The van der Waals surface area contributed by atoms with Crippen molar-refractivity contribution in [3.8, 4) is 0 Å². The molecule has 0 saturated carbocycles. The average Bonchev–Trinajstić information content (AvgIpc) is 2.31. The van der Waals surface area contributed by atoms with Crippen molar-refractivity contribution >= 4 is 23.9 Å². The van der Waals surface area contributed by atoms with Crippen molar-refractivity contribution < 1.29 is 29.3 Å². The summed E-state index contributed by atoms with van der Waals surface area (Å²) in [5.74, 6) is -3.59. The lowest BCUT2D eigenvalue weighted by molar-refractivity contribution is -0.150. The van der Waals surface area contributed by atoms with Gasteiger partial charge in [-0.3, -0.25) is 19.4 Å². The fourth-order valence-corrected chi connectivity index (χ4v) is 2.18. The molecule has 0 heterocycles. The van der Waals surface area contributed by atoms with Crippen LogP contribution in [0.3, 0.4) is 0 Å². The highest BCUT2D eigenvalue weighted by molar-refractivity contribution is 6.15. The maximum absolute atomic E-state index is 11.9. The smallest absolute Gasteiger partial charge is 0.325 e. The molecule has 0 spiro atoms. The Balaban J connectivity index is 3.19. The van der Waals surface area contributed by atoms with Gasteiger partial charge in [0.2, 0.25) is 0 Å². The van der Waals surface area contributed by atoms with Gasteiger partial charge in [-0.1, -0.05) is 13.8 Å². The number of carbonyl (C=O) groups is 3. The van der Waals surface area contributed by atoms with Gasteiger partial charge in [0.05, 0.1) is 12.7 Å². The summed E-state index contributed by atoms with van der Waals surface area (Å²) in [6, 6.07) is 0. The Morgan fingerprint density at radius 1 is 1.50 bits per heavy atom. The number of aliphatic imine (C=N–C) groups is 1. The third-order valence-electron chi connectivity index (χ3n) is 3.13. The van der Waals surface area contributed by atoms with Crippen LogP contribution in [0, 0.1) is 11.3 Å². The first-order chi connectivity index (χ1) is 9.20. The number of aliphatic carboxylic acids is 1. The number of carboxylic acids is 1. The predicted molar refractivity (Wildman–Crippen MR) is 69.6 cm³/mol. The topological polar surface area (TPSA) is 113 Å². The minimum atomic E-state index is -1.16. The summed E-state index contributed by atoms with van der Waals surface area (Å²) >= 11 is 0. The number of nitrogens with zero attached hydrogens (tertiary/aromatic N) is 1. The third kappa shape index (κ3) is 3.23. The molecule has 0 aliphatic heterocycles. The standard InChI is InChI=1S/C13H17NO6/c1-13(2)4-8(15)7(5-14-6-9(16)17)11(18)10(13)12(19)20-3/h5,10,18H,4,6H2,1-3H3,(H,16,17)/t10-/m1/s1. The van der Waals surface area contributed by atoms with Gasteiger partial charge < -0.3 is 14.9 Å². The number of ketones is 1. The van der Waals surface area contributed by atoms with Gasteiger partial charge in [0.1, 0.15) is 18.2 Å². The highest BCUT2D eigenvalue weighted by Crippen LogP contribution is 2.41. The minimum Gasteiger partial charge on any atom is -0.511 e. The van der Waals surface area contributed by atoms with E-state index in [1.165, 1.54) is 7.11 Å². The van der Waals surface area contributed by atoms with Crippen molar-refractivity contribution in [1.82, 2.24) is 0 Å². The van der Waals surface area contributed by atoms with Crippen LogP contribution in [0.1, 0.15) is 20.3 Å². The van der Waals surface area contributed by atoms with Crippen LogP contribution in [0.25, 0.3) is 0 Å². The molecule has 0 fully saturated rings. The Morgan fingerprint density at radius 2 is 2.10 bits per heavy atom. The van der Waals surface area contributed by atoms with Crippen molar-refractivity contribution in [2.45, 2.75) is 20.3 Å². The number of ether oxygens (including phenoxy) is 1. The van der Waals surface area contributed by atoms with Crippen LogP contribution in [-0.4, -0.2) is 47.8 Å². The molecule has 7 heteroatoms. The Labute approximate surface area is 116 Å². The number of methoxy groups -OCH3 is 1. The second-order valence-corrected chi connectivity index (χ2v) is 5.21. The molecule has 1 rings (SSSR count). The first-order valence-corrected chi connectivity index (χ1v) is 5.96. The number of allylic oxidation sites excluding steroid dienone is 1. The van der Waals surface area contributed by atoms with Gasteiger partial charge >= 0.3 is 11.9 Å². The summed E-state index contributed by atoms with van der Waals surface area (Å²) in [6.07, 6.45) is 1.03. The Hall–Kier alpha value is -2.18. The molecule has 7 nitrogen and oxygen atoms in total. The second kappa shape index (κ2) is 5.85. The van der Waals surface area contributed by atoms with Crippen LogP contribution < -0.4 is 0 Å². The molecule has 0 aromatic carbocycles. The molecular weight excluding hydrogens is 266 g/mol. The van der Waals surface area contributed by atoms with Crippen molar-refractivity contribution in [2.24, 2.45) is 16.3 Å². The fourth-order valence-electron chi connectivity index (χ4n) is 2.18. The van der Waals surface area contributed by atoms with E-state index in [0.29, 0.717) is 0 Å². The minimum absolute atomic E-state index is 0.0330. The number of esters is 1. The van der Waals surface area contributed by atoms with E-state index in [9.17, 15) is 19.5 Å². The molecule has 20 heavy (non-hydrogen) atoms. The maximum atomic E-state index is 11.9. The van der Waals surface area contributed by atoms with Crippen molar-refractivity contribution in [1.29, 1.82) is 0 Å². The molecule has 0 aromatic rings. The molecule has 0 amide bonds. The van der Waals surface area contributed by atoms with Crippen molar-refractivity contribution in [2.75, 3.05) is 13.7 Å². The van der Waals surface area contributed by atoms with Crippen LogP contribution in [0.5, 0.6) is 0 Å². The van der Waals surface area contributed by atoms with Gasteiger partial charge in [0.25, 0.3) is 0 Å². The van der Waals surface area contributed by atoms with E-state index in [1.54, 1.807) is 13.8 Å². The van der Waals surface area contributed by atoms with Gasteiger partial charge in [-0.2, -0.15) is 0 Å². The molecule has 110 valence electrons. The van der Waals surface area contributed by atoms with E-state index in [0.717, 1.165) is 6.21 Å². The number of aliphatic hydroxyl groups is 1. The number of carboxylic acid groups (broad SMARTS) is 1. The van der Waals surface area contributed by atoms with Crippen LogP contribution in [-0.2, 0) is 19.1 Å². The molecule has 0 bridgehead atoms. The van der Waals surface area contributed by atoms with E-state index < -0.39 is 35.6 Å². The summed E-state index contributed by atoms with van der Waals surface area (Å²) in [6.45, 7) is 2.83. The second-order valence-electron chi connectivity index (χ2n) is 5.21. The lowest BCUT2D eigenvalue weighted by Gasteiger charge is -2.35. The normalized spacial score (nSPS) is 22.1. The number of aliphatic hydroxyl groups excluding tert-OH is 1. The molecule has 0 radical (unpaired) electrons. The SMILES string of the molecule is COC(=O)[C@H]1C(O)=C(C=NCC(=O)O)C(=O)CC1(C)C. The quantitative estimate of drug-likeness (QED) is 0.581. The Bertz CT molecular complexity index is 503. The highest BCUT2D eigenvalue weighted by atomic mass is 16.5. The van der Waals surface area contributed by atoms with Crippen LogP contribution in [0.2, 0.25) is 0 Å². The van der Waals surface area contributed by atoms with Crippen molar-refractivity contribution in [3.05, 3.63) is 11.3 Å². The lowest BCUT2D eigenvalue weighted by atomic mass is 9.68. The highest BCUT2D eigenvalue weighted by Gasteiger charge is 2.46. The third-order valence-corrected chi connectivity index (χ3v) is 3.13. The first-order valence-electron chi connectivity index (χ1n) is 5.96. The van der Waals surface area contributed by atoms with Gasteiger partial charge in [0, 0.05) is 12.6 Å². The van der Waals surface area contributed by atoms with Crippen molar-refractivity contribution in [3.63, 3.8) is 0 Å². The molecule has 0 aromatic heterocycles. The van der Waals surface area contributed by atoms with Crippen LogP contribution >= 0.6 is 0 Å². The summed E-state index contributed by atoms with van der Waals surface area (Å²) in [4.78, 5) is 37.6. The summed E-state index contributed by atoms with van der Waals surface area (Å²) in [5.41, 5.74) is -0.917. The lowest BCUT2D eigenvalue weighted by Crippen LogP contribution is -2.40. The Morgan fingerprint density at radius 3 is 2.60 bits per heavy atom. The zero-order valence-electron chi connectivity index (χ0n) is 11.5. The maximum Gasteiger partial charge on any atom is 0.325 e. The summed E-state index contributed by atoms with van der Waals surface area (Å²) in [7, 11) is 1.19. The molecule has 1 aliphatic carbocycles. The molecule has 1 atom stereocenters. The predicted octanol–water partition coefficient (Wildman–Crippen LogP) is 0.742. The molecule has 2 N–H and O–H groups in total. The number of Topliss-reactive ketones (excluding diaryl/α,β-unsaturated/α-hetero) is 1. The number of hydrogen-bond acceptors (Lipinski definition) is 6. The van der Waals surface area contributed by atoms with Crippen LogP contribution in [0.15, 0.2) is 16.3 Å². The van der Waals surface area contributed by atoms with Gasteiger partial charge in [-0.25, -0.2) is 0 Å². The average molecular weight is 283 g/mol. The fraction of sp³-hybridized carbons (Fsp3) is 0.538. The van der Waals surface area contributed by atoms with E-state index >= 15 is 0 Å². The van der Waals surface area contributed by atoms with Gasteiger partial charge in [0.15, 0.2) is 5.78 Å².